The minimum atomic E-state index is -0.0809. The summed E-state index contributed by atoms with van der Waals surface area (Å²) in [4.78, 5) is 12.8. The van der Waals surface area contributed by atoms with Gasteiger partial charge in [-0.2, -0.15) is 0 Å². The maximum Gasteiger partial charge on any atom is 0.253 e. The van der Waals surface area contributed by atoms with Gasteiger partial charge in [0, 0.05) is 22.4 Å². The van der Waals surface area contributed by atoms with E-state index < -0.39 is 0 Å². The summed E-state index contributed by atoms with van der Waals surface area (Å²) in [6, 6.07) is 19.8. The molecule has 1 N–H and O–H groups in total. The molecule has 3 nitrogen and oxygen atoms in total. The van der Waals surface area contributed by atoms with Gasteiger partial charge in [0.2, 0.25) is 0 Å². The Hall–Kier alpha value is -2.33. The molecule has 122 valence electrons. The van der Waals surface area contributed by atoms with Gasteiger partial charge >= 0.3 is 0 Å². The SMILES string of the molecule is Cc1ccc(C)n1-c1ccc(Br)cc1C(=O)NCc1ccccc1. The zero-order chi connectivity index (χ0) is 17.1. The third-order valence-electron chi connectivity index (χ3n) is 4.01. The number of amides is 1. The molecule has 0 saturated heterocycles. The molecule has 3 rings (SSSR count). The van der Waals surface area contributed by atoms with E-state index in [-0.39, 0.29) is 5.91 Å². The third kappa shape index (κ3) is 3.44. The molecule has 0 unspecified atom stereocenters. The highest BCUT2D eigenvalue weighted by atomic mass is 79.9. The van der Waals surface area contributed by atoms with Gasteiger partial charge in [-0.3, -0.25) is 4.79 Å². The van der Waals surface area contributed by atoms with Crippen LogP contribution in [0.5, 0.6) is 0 Å². The number of carbonyl (C=O) groups is 1. The van der Waals surface area contributed by atoms with Crippen LogP contribution in [0.15, 0.2) is 65.1 Å². The highest BCUT2D eigenvalue weighted by molar-refractivity contribution is 9.10. The molecule has 1 amide bonds. The molecule has 2 aromatic carbocycles. The molecule has 0 aliphatic rings. The molecule has 24 heavy (non-hydrogen) atoms. The average Bonchev–Trinajstić information content (AvgIpc) is 2.92. The van der Waals surface area contributed by atoms with Gasteiger partial charge in [0.15, 0.2) is 0 Å². The van der Waals surface area contributed by atoms with Crippen LogP contribution in [0, 0.1) is 13.8 Å². The van der Waals surface area contributed by atoms with Gasteiger partial charge in [0.05, 0.1) is 11.3 Å². The van der Waals surface area contributed by atoms with Crippen molar-refractivity contribution in [3.8, 4) is 5.69 Å². The molecule has 0 aliphatic heterocycles. The summed E-state index contributed by atoms with van der Waals surface area (Å²) in [6.45, 7) is 4.59. The number of hydrogen-bond acceptors (Lipinski definition) is 1. The third-order valence-corrected chi connectivity index (χ3v) is 4.50. The van der Waals surface area contributed by atoms with Crippen LogP contribution in [-0.4, -0.2) is 10.5 Å². The lowest BCUT2D eigenvalue weighted by Crippen LogP contribution is -2.24. The molecule has 0 atom stereocenters. The summed E-state index contributed by atoms with van der Waals surface area (Å²) < 4.78 is 2.99. The lowest BCUT2D eigenvalue weighted by Gasteiger charge is -2.15. The van der Waals surface area contributed by atoms with Crippen LogP contribution in [0.3, 0.4) is 0 Å². The maximum atomic E-state index is 12.8. The van der Waals surface area contributed by atoms with E-state index in [1.165, 1.54) is 0 Å². The van der Waals surface area contributed by atoms with Crippen molar-refractivity contribution in [2.24, 2.45) is 0 Å². The van der Waals surface area contributed by atoms with Crippen molar-refractivity contribution in [2.45, 2.75) is 20.4 Å². The Bertz CT molecular complexity index is 849. The first-order chi connectivity index (χ1) is 11.6. The van der Waals surface area contributed by atoms with E-state index in [4.69, 9.17) is 0 Å². The number of aromatic nitrogens is 1. The Morgan fingerprint density at radius 1 is 1.00 bits per heavy atom. The van der Waals surface area contributed by atoms with Crippen molar-refractivity contribution in [3.05, 3.63) is 87.7 Å². The van der Waals surface area contributed by atoms with Gasteiger partial charge in [-0.15, -0.1) is 0 Å². The fourth-order valence-corrected chi connectivity index (χ4v) is 3.17. The van der Waals surface area contributed by atoms with E-state index in [9.17, 15) is 4.79 Å². The Balaban J connectivity index is 1.92. The first-order valence-corrected chi connectivity index (χ1v) is 8.62. The Kier molecular flexibility index (Phi) is 4.86. The number of rotatable bonds is 4. The zero-order valence-electron chi connectivity index (χ0n) is 13.7. The fourth-order valence-electron chi connectivity index (χ4n) is 2.81. The first kappa shape index (κ1) is 16.5. The van der Waals surface area contributed by atoms with E-state index >= 15 is 0 Å². The smallest absolute Gasteiger partial charge is 0.253 e. The minimum absolute atomic E-state index is 0.0809. The molecular formula is C20H19BrN2O. The van der Waals surface area contributed by atoms with E-state index in [0.29, 0.717) is 12.1 Å². The Morgan fingerprint density at radius 3 is 2.33 bits per heavy atom. The quantitative estimate of drug-likeness (QED) is 0.691. The molecule has 0 radical (unpaired) electrons. The standard InChI is InChI=1S/C20H19BrN2O/c1-14-8-9-15(2)23(14)19-11-10-17(21)12-18(19)20(24)22-13-16-6-4-3-5-7-16/h3-12H,13H2,1-2H3,(H,22,24). The van der Waals surface area contributed by atoms with Gasteiger partial charge in [-0.25, -0.2) is 0 Å². The summed E-state index contributed by atoms with van der Waals surface area (Å²) in [5.41, 5.74) is 4.83. The molecule has 0 bridgehead atoms. The van der Waals surface area contributed by atoms with Crippen molar-refractivity contribution < 1.29 is 4.79 Å². The number of halogens is 1. The average molecular weight is 383 g/mol. The fraction of sp³-hybridized carbons (Fsp3) is 0.150. The zero-order valence-corrected chi connectivity index (χ0v) is 15.3. The van der Waals surface area contributed by atoms with Crippen molar-refractivity contribution in [3.63, 3.8) is 0 Å². The normalized spacial score (nSPS) is 10.6. The van der Waals surface area contributed by atoms with Gasteiger partial charge in [0.1, 0.15) is 0 Å². The highest BCUT2D eigenvalue weighted by Gasteiger charge is 2.15. The monoisotopic (exact) mass is 382 g/mol. The number of carbonyl (C=O) groups excluding carboxylic acids is 1. The summed E-state index contributed by atoms with van der Waals surface area (Å²) in [5.74, 6) is -0.0809. The molecule has 3 aromatic rings. The van der Waals surface area contributed by atoms with Crippen molar-refractivity contribution >= 4 is 21.8 Å². The predicted molar refractivity (Wildman–Crippen MR) is 101 cm³/mol. The largest absolute Gasteiger partial charge is 0.348 e. The molecule has 1 aromatic heterocycles. The molecule has 1 heterocycles. The van der Waals surface area contributed by atoms with Crippen molar-refractivity contribution in [1.29, 1.82) is 0 Å². The van der Waals surface area contributed by atoms with Crippen molar-refractivity contribution in [2.75, 3.05) is 0 Å². The second-order valence-electron chi connectivity index (χ2n) is 5.78. The predicted octanol–water partition coefficient (Wildman–Crippen LogP) is 4.79. The summed E-state index contributed by atoms with van der Waals surface area (Å²) in [5, 5.41) is 3.01. The second-order valence-corrected chi connectivity index (χ2v) is 6.70. The van der Waals surface area contributed by atoms with Gasteiger partial charge in [0.25, 0.3) is 5.91 Å². The summed E-state index contributed by atoms with van der Waals surface area (Å²) in [6.07, 6.45) is 0. The Morgan fingerprint density at radius 2 is 1.67 bits per heavy atom. The van der Waals surface area contributed by atoms with Crippen LogP contribution in [0.2, 0.25) is 0 Å². The van der Waals surface area contributed by atoms with E-state index in [0.717, 1.165) is 27.1 Å². The van der Waals surface area contributed by atoms with Crippen molar-refractivity contribution in [1.82, 2.24) is 9.88 Å². The van der Waals surface area contributed by atoms with Gasteiger partial charge in [-0.05, 0) is 49.7 Å². The van der Waals surface area contributed by atoms with Crippen LogP contribution < -0.4 is 5.32 Å². The minimum Gasteiger partial charge on any atom is -0.348 e. The van der Waals surface area contributed by atoms with Crippen LogP contribution in [-0.2, 0) is 6.54 Å². The highest BCUT2D eigenvalue weighted by Crippen LogP contribution is 2.24. The van der Waals surface area contributed by atoms with Crippen LogP contribution in [0.1, 0.15) is 27.3 Å². The lowest BCUT2D eigenvalue weighted by molar-refractivity contribution is 0.0951. The van der Waals surface area contributed by atoms with Crippen LogP contribution in [0.25, 0.3) is 5.69 Å². The van der Waals surface area contributed by atoms with E-state index in [1.54, 1.807) is 0 Å². The number of benzene rings is 2. The van der Waals surface area contributed by atoms with Crippen LogP contribution in [0.4, 0.5) is 0 Å². The lowest BCUT2D eigenvalue weighted by atomic mass is 10.1. The molecule has 4 heteroatoms. The first-order valence-electron chi connectivity index (χ1n) is 7.83. The van der Waals surface area contributed by atoms with E-state index in [2.05, 4.69) is 37.9 Å². The van der Waals surface area contributed by atoms with Gasteiger partial charge < -0.3 is 9.88 Å². The van der Waals surface area contributed by atoms with Crippen LogP contribution >= 0.6 is 15.9 Å². The number of hydrogen-bond donors (Lipinski definition) is 1. The molecular weight excluding hydrogens is 364 g/mol. The molecule has 0 spiro atoms. The maximum absolute atomic E-state index is 12.8. The van der Waals surface area contributed by atoms with Gasteiger partial charge in [-0.1, -0.05) is 46.3 Å². The topological polar surface area (TPSA) is 34.0 Å². The molecule has 0 aliphatic carbocycles. The van der Waals surface area contributed by atoms with E-state index in [1.807, 2.05) is 62.4 Å². The summed E-state index contributed by atoms with van der Waals surface area (Å²) >= 11 is 3.47. The summed E-state index contributed by atoms with van der Waals surface area (Å²) in [7, 11) is 0. The number of nitrogens with one attached hydrogen (secondary N) is 1. The Labute approximate surface area is 150 Å². The second kappa shape index (κ2) is 7.05. The molecule has 0 saturated carbocycles. The number of nitrogens with zero attached hydrogens (tertiary/aromatic N) is 1. The molecule has 0 fully saturated rings. The number of aryl methyl sites for hydroxylation is 2.